The van der Waals surface area contributed by atoms with Gasteiger partial charge in [-0.2, -0.15) is 0 Å². The molecule has 0 unspecified atom stereocenters. The monoisotopic (exact) mass is 419 g/mol. The molecule has 4 rings (SSSR count). The van der Waals surface area contributed by atoms with Crippen LogP contribution in [-0.4, -0.2) is 30.9 Å². The lowest BCUT2D eigenvalue weighted by molar-refractivity contribution is -0.122. The molecule has 4 amide bonds. The van der Waals surface area contributed by atoms with E-state index < -0.39 is 17.8 Å². The highest BCUT2D eigenvalue weighted by atomic mass is 35.5. The summed E-state index contributed by atoms with van der Waals surface area (Å²) >= 11 is 11.9. The molecule has 144 valence electrons. The van der Waals surface area contributed by atoms with Crippen LogP contribution in [0.1, 0.15) is 18.6 Å². The van der Waals surface area contributed by atoms with Gasteiger partial charge >= 0.3 is 6.03 Å². The molecule has 0 saturated carbocycles. The number of anilines is 2. The molecule has 1 aromatic carbocycles. The molecule has 1 N–H and O–H groups in total. The number of carbonyl (C=O) groups excluding carboxylic acids is 3. The van der Waals surface area contributed by atoms with Gasteiger partial charge in [0.25, 0.3) is 11.8 Å². The molecule has 0 radical (unpaired) electrons. The highest BCUT2D eigenvalue weighted by molar-refractivity contribution is 6.43. The number of urea groups is 1. The van der Waals surface area contributed by atoms with E-state index in [1.165, 1.54) is 24.3 Å². The first-order valence-corrected chi connectivity index (χ1v) is 9.41. The summed E-state index contributed by atoms with van der Waals surface area (Å²) in [5, 5.41) is 2.62. The van der Waals surface area contributed by atoms with Crippen molar-refractivity contribution in [3.05, 3.63) is 51.7 Å². The molecule has 2 saturated heterocycles. The van der Waals surface area contributed by atoms with Gasteiger partial charge < -0.3 is 9.32 Å². The highest BCUT2D eigenvalue weighted by Crippen LogP contribution is 2.30. The van der Waals surface area contributed by atoms with Gasteiger partial charge in [-0.3, -0.25) is 14.9 Å². The number of furan rings is 1. The van der Waals surface area contributed by atoms with Crippen LogP contribution in [0.25, 0.3) is 6.08 Å². The zero-order valence-corrected chi connectivity index (χ0v) is 16.1. The molecule has 9 heteroatoms. The standard InChI is InChI=1S/C19H15Cl2N3O4/c20-14-5-3-11(9-15(14)21)24-18(26)13(17(25)22-19(24)27)10-12-4-6-16(28-12)23-7-1-2-8-23/h3-6,9-10H,1-2,7-8H2,(H,22,25,27)/b13-10+. The molecule has 0 aliphatic carbocycles. The minimum atomic E-state index is -0.859. The van der Waals surface area contributed by atoms with Crippen molar-refractivity contribution in [2.75, 3.05) is 22.9 Å². The van der Waals surface area contributed by atoms with Gasteiger partial charge in [-0.05, 0) is 43.2 Å². The Morgan fingerprint density at radius 1 is 1.00 bits per heavy atom. The van der Waals surface area contributed by atoms with Crippen LogP contribution in [0.5, 0.6) is 0 Å². The highest BCUT2D eigenvalue weighted by Gasteiger charge is 2.37. The number of imide groups is 2. The predicted molar refractivity (Wildman–Crippen MR) is 106 cm³/mol. The lowest BCUT2D eigenvalue weighted by Gasteiger charge is -2.26. The van der Waals surface area contributed by atoms with Crippen molar-refractivity contribution >= 4 is 58.7 Å². The van der Waals surface area contributed by atoms with Gasteiger partial charge in [-0.1, -0.05) is 23.2 Å². The van der Waals surface area contributed by atoms with E-state index in [9.17, 15) is 14.4 Å². The van der Waals surface area contributed by atoms with Crippen molar-refractivity contribution in [1.29, 1.82) is 0 Å². The molecule has 28 heavy (non-hydrogen) atoms. The molecule has 0 spiro atoms. The smallest absolute Gasteiger partial charge is 0.335 e. The lowest BCUT2D eigenvalue weighted by atomic mass is 10.1. The van der Waals surface area contributed by atoms with Gasteiger partial charge in [0.2, 0.25) is 0 Å². The summed E-state index contributed by atoms with van der Waals surface area (Å²) < 4.78 is 5.74. The van der Waals surface area contributed by atoms with Gasteiger partial charge in [0.15, 0.2) is 5.88 Å². The summed E-state index contributed by atoms with van der Waals surface area (Å²) in [5.74, 6) is -0.522. The average molecular weight is 420 g/mol. The molecule has 2 aliphatic heterocycles. The van der Waals surface area contributed by atoms with Crippen LogP contribution >= 0.6 is 23.2 Å². The number of barbiturate groups is 1. The second-order valence-corrected chi connectivity index (χ2v) is 7.24. The molecular formula is C19H15Cl2N3O4. The molecule has 7 nitrogen and oxygen atoms in total. The summed E-state index contributed by atoms with van der Waals surface area (Å²) in [7, 11) is 0. The van der Waals surface area contributed by atoms with E-state index in [4.69, 9.17) is 27.6 Å². The second kappa shape index (κ2) is 7.33. The Morgan fingerprint density at radius 2 is 1.75 bits per heavy atom. The van der Waals surface area contributed by atoms with E-state index in [-0.39, 0.29) is 21.3 Å². The van der Waals surface area contributed by atoms with Crippen LogP contribution in [0.3, 0.4) is 0 Å². The number of hydrogen-bond acceptors (Lipinski definition) is 5. The molecule has 2 aliphatic rings. The van der Waals surface area contributed by atoms with Crippen molar-refractivity contribution in [2.45, 2.75) is 12.8 Å². The van der Waals surface area contributed by atoms with Crippen LogP contribution < -0.4 is 15.1 Å². The Morgan fingerprint density at radius 3 is 2.46 bits per heavy atom. The third-order valence-corrected chi connectivity index (χ3v) is 5.32. The predicted octanol–water partition coefficient (Wildman–Crippen LogP) is 3.85. The van der Waals surface area contributed by atoms with Crippen molar-refractivity contribution < 1.29 is 18.8 Å². The fourth-order valence-corrected chi connectivity index (χ4v) is 3.48. The number of amides is 4. The fourth-order valence-electron chi connectivity index (χ4n) is 3.19. The van der Waals surface area contributed by atoms with Gasteiger partial charge in [0.1, 0.15) is 11.3 Å². The Bertz CT molecular complexity index is 1010. The van der Waals surface area contributed by atoms with Crippen molar-refractivity contribution in [2.24, 2.45) is 0 Å². The average Bonchev–Trinajstić information content (AvgIpc) is 3.33. The van der Waals surface area contributed by atoms with Crippen molar-refractivity contribution in [3.8, 4) is 0 Å². The first kappa shape index (κ1) is 18.6. The SMILES string of the molecule is O=C1NC(=O)N(c2ccc(Cl)c(Cl)c2)C(=O)/C1=C/c1ccc(N2CCCC2)o1. The van der Waals surface area contributed by atoms with E-state index >= 15 is 0 Å². The number of carbonyl (C=O) groups is 3. The summed E-state index contributed by atoms with van der Waals surface area (Å²) in [6, 6.07) is 6.94. The van der Waals surface area contributed by atoms with Crippen LogP contribution in [0, 0.1) is 0 Å². The van der Waals surface area contributed by atoms with Gasteiger partial charge in [0.05, 0.1) is 15.7 Å². The molecule has 2 fully saturated rings. The minimum Gasteiger partial charge on any atom is -0.441 e. The van der Waals surface area contributed by atoms with Crippen LogP contribution in [0.15, 0.2) is 40.3 Å². The summed E-state index contributed by atoms with van der Waals surface area (Å²) in [6.45, 7) is 1.81. The topological polar surface area (TPSA) is 82.9 Å². The van der Waals surface area contributed by atoms with E-state index in [0.717, 1.165) is 30.8 Å². The number of hydrogen-bond donors (Lipinski definition) is 1. The maximum atomic E-state index is 12.9. The number of nitrogens with zero attached hydrogens (tertiary/aromatic N) is 2. The molecule has 3 heterocycles. The van der Waals surface area contributed by atoms with Gasteiger partial charge in [0, 0.05) is 19.2 Å². The van der Waals surface area contributed by atoms with Crippen LogP contribution in [0.2, 0.25) is 10.0 Å². The Hall–Kier alpha value is -2.77. The molecule has 0 atom stereocenters. The van der Waals surface area contributed by atoms with Crippen LogP contribution in [-0.2, 0) is 9.59 Å². The lowest BCUT2D eigenvalue weighted by Crippen LogP contribution is -2.54. The van der Waals surface area contributed by atoms with E-state index in [0.29, 0.717) is 11.6 Å². The zero-order valence-electron chi connectivity index (χ0n) is 14.6. The number of halogens is 2. The Labute approximate surface area is 170 Å². The first-order chi connectivity index (χ1) is 13.4. The minimum absolute atomic E-state index is 0.184. The number of benzene rings is 1. The summed E-state index contributed by atoms with van der Waals surface area (Å²) in [6.07, 6.45) is 3.52. The summed E-state index contributed by atoms with van der Waals surface area (Å²) in [5.41, 5.74) is -0.0134. The normalized spacial score (nSPS) is 18.9. The summed E-state index contributed by atoms with van der Waals surface area (Å²) in [4.78, 5) is 40.2. The largest absolute Gasteiger partial charge is 0.441 e. The molecule has 0 bridgehead atoms. The number of nitrogens with one attached hydrogen (secondary N) is 1. The third kappa shape index (κ3) is 3.39. The van der Waals surface area contributed by atoms with E-state index in [2.05, 4.69) is 10.2 Å². The maximum Gasteiger partial charge on any atom is 0.335 e. The quantitative estimate of drug-likeness (QED) is 0.603. The second-order valence-electron chi connectivity index (χ2n) is 6.43. The maximum absolute atomic E-state index is 12.9. The molecule has 1 aromatic heterocycles. The van der Waals surface area contributed by atoms with E-state index in [1.54, 1.807) is 12.1 Å². The Kier molecular flexibility index (Phi) is 4.87. The number of rotatable bonds is 3. The Balaban J connectivity index is 1.65. The third-order valence-electron chi connectivity index (χ3n) is 4.58. The van der Waals surface area contributed by atoms with Crippen molar-refractivity contribution in [3.63, 3.8) is 0 Å². The van der Waals surface area contributed by atoms with Gasteiger partial charge in [-0.25, -0.2) is 9.69 Å². The molecular weight excluding hydrogens is 405 g/mol. The van der Waals surface area contributed by atoms with Crippen molar-refractivity contribution in [1.82, 2.24) is 5.32 Å². The van der Waals surface area contributed by atoms with Gasteiger partial charge in [-0.15, -0.1) is 0 Å². The fraction of sp³-hybridized carbons (Fsp3) is 0.211. The molecule has 2 aromatic rings. The first-order valence-electron chi connectivity index (χ1n) is 8.65. The van der Waals surface area contributed by atoms with E-state index in [1.807, 2.05) is 0 Å². The van der Waals surface area contributed by atoms with Crippen LogP contribution in [0.4, 0.5) is 16.4 Å². The zero-order chi connectivity index (χ0) is 19.8.